The van der Waals surface area contributed by atoms with Gasteiger partial charge in [0.25, 0.3) is 5.91 Å². The Balaban J connectivity index is 1.39. The predicted octanol–water partition coefficient (Wildman–Crippen LogP) is 3.91. The molecule has 3 aromatic carbocycles. The Morgan fingerprint density at radius 3 is 2.10 bits per heavy atom. The second-order valence-corrected chi connectivity index (χ2v) is 6.07. The molecule has 0 aliphatic carbocycles. The molecule has 7 heteroatoms. The van der Waals surface area contributed by atoms with Crippen molar-refractivity contribution in [2.45, 2.75) is 0 Å². The summed E-state index contributed by atoms with van der Waals surface area (Å²) >= 11 is 0. The van der Waals surface area contributed by atoms with E-state index >= 15 is 0 Å². The maximum Gasteiger partial charge on any atom is 0.344 e. The molecule has 3 aromatic rings. The summed E-state index contributed by atoms with van der Waals surface area (Å²) in [6.45, 7) is -0.775. The number of esters is 1. The molecule has 0 saturated carbocycles. The number of benzene rings is 3. The first-order valence-electron chi connectivity index (χ1n) is 9.04. The number of rotatable bonds is 8. The third kappa shape index (κ3) is 6.39. The van der Waals surface area contributed by atoms with Gasteiger partial charge in [0, 0.05) is 5.69 Å². The largest absolute Gasteiger partial charge is 0.482 e. The van der Waals surface area contributed by atoms with Crippen LogP contribution in [0.1, 0.15) is 5.56 Å². The van der Waals surface area contributed by atoms with Gasteiger partial charge >= 0.3 is 5.97 Å². The molecular weight excluding hydrogens is 384 g/mol. The minimum Gasteiger partial charge on any atom is -0.482 e. The number of amides is 1. The molecule has 7 nitrogen and oxygen atoms in total. The second-order valence-electron chi connectivity index (χ2n) is 6.07. The first-order chi connectivity index (χ1) is 14.6. The number of para-hydroxylation sites is 1. The third-order valence-electron chi connectivity index (χ3n) is 3.82. The van der Waals surface area contributed by atoms with Crippen molar-refractivity contribution in [1.82, 2.24) is 0 Å². The standard InChI is InChI=1S/C23H18N2O5/c24-14-17-6-10-19(11-7-17)28-16-23(27)29-15-22(26)25-18-8-12-21(13-9-18)30-20-4-2-1-3-5-20/h1-13H,15-16H2,(H,25,26). The van der Waals surface area contributed by atoms with Crippen LogP contribution in [0.3, 0.4) is 0 Å². The van der Waals surface area contributed by atoms with Crippen LogP contribution in [0, 0.1) is 11.3 Å². The Morgan fingerprint density at radius 1 is 0.800 bits per heavy atom. The van der Waals surface area contributed by atoms with Gasteiger partial charge in [0.15, 0.2) is 13.2 Å². The molecule has 0 heterocycles. The van der Waals surface area contributed by atoms with Crippen LogP contribution in [-0.2, 0) is 14.3 Å². The molecule has 3 rings (SSSR count). The fraction of sp³-hybridized carbons (Fsp3) is 0.0870. The van der Waals surface area contributed by atoms with Gasteiger partial charge in [-0.3, -0.25) is 4.79 Å². The van der Waals surface area contributed by atoms with Crippen LogP contribution in [0.2, 0.25) is 0 Å². The van der Waals surface area contributed by atoms with Crippen LogP contribution < -0.4 is 14.8 Å². The van der Waals surface area contributed by atoms with Gasteiger partial charge in [0.05, 0.1) is 11.6 Å². The van der Waals surface area contributed by atoms with Crippen molar-refractivity contribution >= 4 is 17.6 Å². The number of hydrogen-bond donors (Lipinski definition) is 1. The van der Waals surface area contributed by atoms with E-state index in [0.29, 0.717) is 28.5 Å². The highest BCUT2D eigenvalue weighted by molar-refractivity contribution is 5.92. The van der Waals surface area contributed by atoms with Gasteiger partial charge in [-0.1, -0.05) is 18.2 Å². The van der Waals surface area contributed by atoms with Gasteiger partial charge in [0.2, 0.25) is 0 Å². The summed E-state index contributed by atoms with van der Waals surface area (Å²) in [5, 5.41) is 11.4. The van der Waals surface area contributed by atoms with Gasteiger partial charge in [-0.05, 0) is 60.7 Å². The molecule has 1 N–H and O–H groups in total. The fourth-order valence-electron chi connectivity index (χ4n) is 2.38. The van der Waals surface area contributed by atoms with Crippen LogP contribution in [0.4, 0.5) is 5.69 Å². The number of nitrogens with one attached hydrogen (secondary N) is 1. The zero-order valence-electron chi connectivity index (χ0n) is 15.9. The molecule has 0 bridgehead atoms. The molecule has 1 amide bonds. The summed E-state index contributed by atoms with van der Waals surface area (Å²) < 4.78 is 15.8. The van der Waals surface area contributed by atoms with Crippen LogP contribution in [0.5, 0.6) is 17.2 Å². The van der Waals surface area contributed by atoms with E-state index < -0.39 is 18.5 Å². The molecule has 0 spiro atoms. The maximum absolute atomic E-state index is 11.9. The normalized spacial score (nSPS) is 9.83. The number of hydrogen-bond acceptors (Lipinski definition) is 6. The van der Waals surface area contributed by atoms with E-state index in [2.05, 4.69) is 5.32 Å². The van der Waals surface area contributed by atoms with Crippen LogP contribution >= 0.6 is 0 Å². The Labute approximate surface area is 173 Å². The third-order valence-corrected chi connectivity index (χ3v) is 3.82. The van der Waals surface area contributed by atoms with Gasteiger partial charge in [-0.15, -0.1) is 0 Å². The molecule has 150 valence electrons. The van der Waals surface area contributed by atoms with Crippen molar-refractivity contribution in [3.8, 4) is 23.3 Å². The average molecular weight is 402 g/mol. The molecule has 0 saturated heterocycles. The highest BCUT2D eigenvalue weighted by atomic mass is 16.6. The van der Waals surface area contributed by atoms with Crippen LogP contribution in [-0.4, -0.2) is 25.1 Å². The number of nitriles is 1. The van der Waals surface area contributed by atoms with Crippen LogP contribution in [0.15, 0.2) is 78.9 Å². The van der Waals surface area contributed by atoms with Gasteiger partial charge < -0.3 is 19.5 Å². The smallest absolute Gasteiger partial charge is 0.344 e. The summed E-state index contributed by atoms with van der Waals surface area (Å²) in [6, 6.07) is 24.4. The predicted molar refractivity (Wildman–Crippen MR) is 109 cm³/mol. The van der Waals surface area contributed by atoms with E-state index in [4.69, 9.17) is 19.5 Å². The van der Waals surface area contributed by atoms with Crippen molar-refractivity contribution in [1.29, 1.82) is 5.26 Å². The van der Waals surface area contributed by atoms with E-state index in [-0.39, 0.29) is 6.61 Å². The minimum absolute atomic E-state index is 0.343. The van der Waals surface area contributed by atoms with Crippen molar-refractivity contribution in [3.63, 3.8) is 0 Å². The quantitative estimate of drug-likeness (QED) is 0.574. The zero-order valence-corrected chi connectivity index (χ0v) is 15.9. The lowest BCUT2D eigenvalue weighted by molar-refractivity contribution is -0.149. The number of carbonyl (C=O) groups excluding carboxylic acids is 2. The minimum atomic E-state index is -0.680. The molecule has 0 aromatic heterocycles. The molecule has 0 unspecified atom stereocenters. The van der Waals surface area contributed by atoms with Crippen molar-refractivity contribution < 1.29 is 23.8 Å². The van der Waals surface area contributed by atoms with E-state index in [1.807, 2.05) is 36.4 Å². The number of anilines is 1. The lowest BCUT2D eigenvalue weighted by Gasteiger charge is -2.09. The molecule has 0 radical (unpaired) electrons. The lowest BCUT2D eigenvalue weighted by atomic mass is 10.2. The van der Waals surface area contributed by atoms with Gasteiger partial charge in [-0.25, -0.2) is 4.79 Å². The number of nitrogens with zero attached hydrogens (tertiary/aromatic N) is 1. The Morgan fingerprint density at radius 2 is 1.43 bits per heavy atom. The molecule has 30 heavy (non-hydrogen) atoms. The zero-order chi connectivity index (χ0) is 21.2. The Hall–Kier alpha value is -4.31. The lowest BCUT2D eigenvalue weighted by Crippen LogP contribution is -2.23. The summed E-state index contributed by atoms with van der Waals surface area (Å²) in [4.78, 5) is 23.7. The Kier molecular flexibility index (Phi) is 7.01. The number of ether oxygens (including phenoxy) is 3. The summed E-state index contributed by atoms with van der Waals surface area (Å²) in [7, 11) is 0. The molecule has 0 aliphatic rings. The van der Waals surface area contributed by atoms with Gasteiger partial charge in [-0.2, -0.15) is 5.26 Å². The fourth-order valence-corrected chi connectivity index (χ4v) is 2.38. The number of carbonyl (C=O) groups is 2. The van der Waals surface area contributed by atoms with E-state index in [1.54, 1.807) is 48.5 Å². The maximum atomic E-state index is 11.9. The monoisotopic (exact) mass is 402 g/mol. The topological polar surface area (TPSA) is 97.6 Å². The van der Waals surface area contributed by atoms with E-state index in [9.17, 15) is 9.59 Å². The summed E-state index contributed by atoms with van der Waals surface area (Å²) in [5.74, 6) is 0.614. The molecular formula is C23H18N2O5. The van der Waals surface area contributed by atoms with Crippen LogP contribution in [0.25, 0.3) is 0 Å². The van der Waals surface area contributed by atoms with Crippen molar-refractivity contribution in [2.75, 3.05) is 18.5 Å². The summed E-state index contributed by atoms with van der Waals surface area (Å²) in [5.41, 5.74) is 1.03. The second kappa shape index (κ2) is 10.3. The molecule has 0 fully saturated rings. The van der Waals surface area contributed by atoms with Crippen molar-refractivity contribution in [2.24, 2.45) is 0 Å². The SMILES string of the molecule is N#Cc1ccc(OCC(=O)OCC(=O)Nc2ccc(Oc3ccccc3)cc2)cc1. The first-order valence-corrected chi connectivity index (χ1v) is 9.04. The highest BCUT2D eigenvalue weighted by Gasteiger charge is 2.09. The highest BCUT2D eigenvalue weighted by Crippen LogP contribution is 2.22. The van der Waals surface area contributed by atoms with E-state index in [0.717, 1.165) is 0 Å². The van der Waals surface area contributed by atoms with Gasteiger partial charge in [0.1, 0.15) is 17.2 Å². The van der Waals surface area contributed by atoms with E-state index in [1.165, 1.54) is 0 Å². The first kappa shape index (κ1) is 20.4. The molecule has 0 aliphatic heterocycles. The average Bonchev–Trinajstić information content (AvgIpc) is 2.78. The Bertz CT molecular complexity index is 1030. The van der Waals surface area contributed by atoms with Crippen molar-refractivity contribution in [3.05, 3.63) is 84.4 Å². The molecule has 0 atom stereocenters. The summed E-state index contributed by atoms with van der Waals surface area (Å²) in [6.07, 6.45) is 0.